The monoisotopic (exact) mass is 354 g/mol. The zero-order valence-corrected chi connectivity index (χ0v) is 13.5. The number of ether oxygens (including phenoxy) is 1. The molecule has 122 valence electrons. The van der Waals surface area contributed by atoms with Gasteiger partial charge in [-0.15, -0.1) is 11.8 Å². The number of pyridine rings is 2. The molecule has 1 fully saturated rings. The number of nitrogens with zero attached hydrogens (tertiary/aromatic N) is 2. The van der Waals surface area contributed by atoms with Gasteiger partial charge >= 0.3 is 0 Å². The topological polar surface area (TPSA) is 95.7 Å². The van der Waals surface area contributed by atoms with Crippen LogP contribution in [0, 0.1) is 0 Å². The fourth-order valence-electron chi connectivity index (χ4n) is 2.26. The first-order valence-electron chi connectivity index (χ1n) is 6.93. The Bertz CT molecular complexity index is 690. The molecule has 0 bridgehead atoms. The molecule has 0 aliphatic carbocycles. The molecule has 2 aromatic rings. The smallest absolute Gasteiger partial charge is 0.173 e. The molecule has 0 aromatic carbocycles. The van der Waals surface area contributed by atoms with E-state index in [-0.39, 0.29) is 5.75 Å². The second kappa shape index (κ2) is 7.02. The minimum absolute atomic E-state index is 0.284. The van der Waals surface area contributed by atoms with E-state index in [1.807, 2.05) is 0 Å². The van der Waals surface area contributed by atoms with E-state index in [4.69, 9.17) is 16.3 Å². The lowest BCUT2D eigenvalue weighted by Gasteiger charge is -2.34. The van der Waals surface area contributed by atoms with Gasteiger partial charge in [-0.1, -0.05) is 11.6 Å². The van der Waals surface area contributed by atoms with Crippen LogP contribution in [-0.2, 0) is 0 Å². The molecule has 1 aliphatic rings. The zero-order chi connectivity index (χ0) is 16.4. The number of aliphatic hydroxyl groups excluding tert-OH is 3. The number of hydrogen-bond acceptors (Lipinski definition) is 7. The van der Waals surface area contributed by atoms with Crippen molar-refractivity contribution < 1.29 is 20.1 Å². The van der Waals surface area contributed by atoms with Crippen molar-refractivity contribution in [2.45, 2.75) is 23.7 Å². The van der Waals surface area contributed by atoms with Crippen LogP contribution in [0.25, 0.3) is 11.1 Å². The highest BCUT2D eigenvalue weighted by molar-refractivity contribution is 7.99. The van der Waals surface area contributed by atoms with Crippen molar-refractivity contribution in [2.24, 2.45) is 0 Å². The van der Waals surface area contributed by atoms with E-state index in [0.29, 0.717) is 10.8 Å². The van der Waals surface area contributed by atoms with Crippen LogP contribution in [0.5, 0.6) is 5.75 Å². The van der Waals surface area contributed by atoms with Gasteiger partial charge in [-0.25, -0.2) is 0 Å². The normalized spacial score (nSPS) is 27.7. The summed E-state index contributed by atoms with van der Waals surface area (Å²) in [7, 11) is 0. The maximum absolute atomic E-state index is 9.99. The summed E-state index contributed by atoms with van der Waals surface area (Å²) < 4.78 is 5.71. The fourth-order valence-corrected chi connectivity index (χ4v) is 3.61. The van der Waals surface area contributed by atoms with Gasteiger partial charge in [-0.2, -0.15) is 0 Å². The second-order valence-electron chi connectivity index (χ2n) is 5.13. The Balaban J connectivity index is 1.80. The molecular formula is C15H15ClN2O4S. The van der Waals surface area contributed by atoms with Crippen molar-refractivity contribution in [1.82, 2.24) is 9.97 Å². The molecule has 2 aromatic heterocycles. The van der Waals surface area contributed by atoms with Crippen molar-refractivity contribution in [3.8, 4) is 16.9 Å². The highest BCUT2D eigenvalue weighted by atomic mass is 35.5. The van der Waals surface area contributed by atoms with Gasteiger partial charge in [0.25, 0.3) is 0 Å². The summed E-state index contributed by atoms with van der Waals surface area (Å²) in [6.45, 7) is 0. The molecule has 3 heterocycles. The molecular weight excluding hydrogens is 340 g/mol. The molecule has 0 unspecified atom stereocenters. The van der Waals surface area contributed by atoms with Crippen LogP contribution in [0.4, 0.5) is 0 Å². The van der Waals surface area contributed by atoms with Crippen molar-refractivity contribution >= 4 is 23.4 Å². The second-order valence-corrected chi connectivity index (χ2v) is 6.67. The summed E-state index contributed by atoms with van der Waals surface area (Å²) in [6, 6.07) is 3.52. The van der Waals surface area contributed by atoms with Gasteiger partial charge in [0.1, 0.15) is 18.0 Å². The summed E-state index contributed by atoms with van der Waals surface area (Å²) in [5.41, 5.74) is 0.844. The lowest BCUT2D eigenvalue weighted by Crippen LogP contribution is -2.50. The van der Waals surface area contributed by atoms with E-state index in [2.05, 4.69) is 9.97 Å². The molecule has 6 nitrogen and oxygen atoms in total. The van der Waals surface area contributed by atoms with Gasteiger partial charge in [-0.05, 0) is 12.1 Å². The first kappa shape index (κ1) is 16.5. The average molecular weight is 355 g/mol. The zero-order valence-electron chi connectivity index (χ0n) is 11.9. The molecule has 0 spiro atoms. The van der Waals surface area contributed by atoms with Crippen LogP contribution in [0.15, 0.2) is 36.9 Å². The van der Waals surface area contributed by atoms with Gasteiger partial charge < -0.3 is 20.1 Å². The Morgan fingerprint density at radius 1 is 1.13 bits per heavy atom. The van der Waals surface area contributed by atoms with Crippen LogP contribution >= 0.6 is 23.4 Å². The maximum Gasteiger partial charge on any atom is 0.173 e. The van der Waals surface area contributed by atoms with E-state index >= 15 is 0 Å². The Hall–Kier alpha value is -1.38. The van der Waals surface area contributed by atoms with E-state index in [0.717, 1.165) is 11.1 Å². The standard InChI is InChI=1S/C15H15ClN2O4S/c16-11-6-17-2-1-10(11)8-3-9(5-18-4-8)22-15-14(21)13(20)12(19)7-23-15/h1-6,12-15,19-21H,7H2/t12-,13+,14-,15+/m1/s1. The summed E-state index contributed by atoms with van der Waals surface area (Å²) in [5, 5.41) is 29.8. The third-order valence-electron chi connectivity index (χ3n) is 3.50. The molecule has 3 N–H and O–H groups in total. The first-order valence-corrected chi connectivity index (χ1v) is 8.36. The van der Waals surface area contributed by atoms with Crippen molar-refractivity contribution in [3.05, 3.63) is 41.9 Å². The van der Waals surface area contributed by atoms with E-state index < -0.39 is 23.7 Å². The molecule has 23 heavy (non-hydrogen) atoms. The highest BCUT2D eigenvalue weighted by Crippen LogP contribution is 2.32. The van der Waals surface area contributed by atoms with Gasteiger partial charge in [0.2, 0.25) is 0 Å². The fraction of sp³-hybridized carbons (Fsp3) is 0.333. The Kier molecular flexibility index (Phi) is 5.03. The number of aliphatic hydroxyl groups is 3. The quantitative estimate of drug-likeness (QED) is 0.765. The molecule has 0 radical (unpaired) electrons. The molecule has 1 saturated heterocycles. The number of halogens is 1. The molecule has 1 aliphatic heterocycles. The Morgan fingerprint density at radius 2 is 1.96 bits per heavy atom. The van der Waals surface area contributed by atoms with E-state index in [1.165, 1.54) is 18.0 Å². The minimum Gasteiger partial charge on any atom is -0.475 e. The summed E-state index contributed by atoms with van der Waals surface area (Å²) >= 11 is 7.36. The minimum atomic E-state index is -1.23. The van der Waals surface area contributed by atoms with Crippen LogP contribution in [-0.4, -0.2) is 54.8 Å². The van der Waals surface area contributed by atoms with Crippen LogP contribution in [0.3, 0.4) is 0 Å². The Labute approximate surface area is 142 Å². The highest BCUT2D eigenvalue weighted by Gasteiger charge is 2.38. The van der Waals surface area contributed by atoms with Crippen LogP contribution in [0.1, 0.15) is 0 Å². The lowest BCUT2D eigenvalue weighted by molar-refractivity contribution is -0.0786. The predicted molar refractivity (Wildman–Crippen MR) is 87.4 cm³/mol. The number of rotatable bonds is 3. The number of thioether (sulfide) groups is 1. The van der Waals surface area contributed by atoms with E-state index in [1.54, 1.807) is 30.7 Å². The van der Waals surface area contributed by atoms with E-state index in [9.17, 15) is 15.3 Å². The van der Waals surface area contributed by atoms with Gasteiger partial charge in [0, 0.05) is 35.5 Å². The van der Waals surface area contributed by atoms with Crippen LogP contribution < -0.4 is 4.74 Å². The van der Waals surface area contributed by atoms with Gasteiger partial charge in [0.15, 0.2) is 5.44 Å². The predicted octanol–water partition coefficient (Wildman–Crippen LogP) is 1.33. The van der Waals surface area contributed by atoms with Crippen LogP contribution in [0.2, 0.25) is 5.02 Å². The SMILES string of the molecule is O[C@@H]1[C@@H](O)[C@@H](Oc2cncc(-c3ccncc3Cl)c2)SC[C@H]1O. The third-order valence-corrected chi connectivity index (χ3v) is 5.04. The summed E-state index contributed by atoms with van der Waals surface area (Å²) in [4.78, 5) is 8.06. The molecule has 8 heteroatoms. The lowest BCUT2D eigenvalue weighted by atomic mass is 10.1. The van der Waals surface area contributed by atoms with Gasteiger partial charge in [-0.3, -0.25) is 9.97 Å². The number of aromatic nitrogens is 2. The maximum atomic E-state index is 9.99. The number of hydrogen-bond donors (Lipinski definition) is 3. The molecule has 0 amide bonds. The summed E-state index contributed by atoms with van der Waals surface area (Å²) in [6.07, 6.45) is 2.97. The van der Waals surface area contributed by atoms with Crippen molar-refractivity contribution in [1.29, 1.82) is 0 Å². The Morgan fingerprint density at radius 3 is 2.74 bits per heavy atom. The third kappa shape index (κ3) is 3.59. The summed E-state index contributed by atoms with van der Waals surface area (Å²) in [5.74, 6) is 0.724. The molecule has 4 atom stereocenters. The molecule has 0 saturated carbocycles. The molecule has 3 rings (SSSR count). The average Bonchev–Trinajstić information content (AvgIpc) is 2.56. The first-order chi connectivity index (χ1) is 11.1. The van der Waals surface area contributed by atoms with Crippen molar-refractivity contribution in [3.63, 3.8) is 0 Å². The van der Waals surface area contributed by atoms with Gasteiger partial charge in [0.05, 0.1) is 17.3 Å². The van der Waals surface area contributed by atoms with Crippen molar-refractivity contribution in [2.75, 3.05) is 5.75 Å². The largest absolute Gasteiger partial charge is 0.475 e.